The summed E-state index contributed by atoms with van der Waals surface area (Å²) in [6.45, 7) is 0. The lowest BCUT2D eigenvalue weighted by molar-refractivity contribution is -0.138. The summed E-state index contributed by atoms with van der Waals surface area (Å²) in [5.74, 6) is -1.61. The molecule has 1 unspecified atom stereocenters. The van der Waals surface area contributed by atoms with E-state index in [1.807, 2.05) is 0 Å². The van der Waals surface area contributed by atoms with E-state index < -0.39 is 17.9 Å². The van der Waals surface area contributed by atoms with Crippen LogP contribution in [0.2, 0.25) is 0 Å². The molecule has 1 aromatic carbocycles. The van der Waals surface area contributed by atoms with Gasteiger partial charge in [-0.05, 0) is 24.1 Å². The van der Waals surface area contributed by atoms with Gasteiger partial charge in [-0.3, -0.25) is 9.59 Å². The van der Waals surface area contributed by atoms with Crippen molar-refractivity contribution in [3.8, 4) is 0 Å². The molecular weight excluding hydrogens is 196 g/mol. The number of benzene rings is 1. The van der Waals surface area contributed by atoms with Crippen LogP contribution in [0, 0.1) is 0 Å². The molecule has 0 heterocycles. The minimum Gasteiger partial charge on any atom is -0.480 e. The summed E-state index contributed by atoms with van der Waals surface area (Å²) in [5, 5.41) is 8.61. The number of amides is 1. The highest BCUT2D eigenvalue weighted by Crippen LogP contribution is 2.06. The van der Waals surface area contributed by atoms with E-state index in [0.717, 1.165) is 0 Å². The molecule has 0 bridgehead atoms. The number of carbonyl (C=O) groups is 2. The quantitative estimate of drug-likeness (QED) is 0.633. The van der Waals surface area contributed by atoms with Crippen LogP contribution >= 0.6 is 0 Å². The van der Waals surface area contributed by atoms with Crippen molar-refractivity contribution >= 4 is 11.9 Å². The second-order valence-electron chi connectivity index (χ2n) is 3.21. The molecule has 0 fully saturated rings. The zero-order valence-electron chi connectivity index (χ0n) is 8.01. The van der Waals surface area contributed by atoms with Gasteiger partial charge in [-0.25, -0.2) is 0 Å². The lowest BCUT2D eigenvalue weighted by Crippen LogP contribution is -2.32. The smallest absolute Gasteiger partial charge is 0.320 e. The Kier molecular flexibility index (Phi) is 3.41. The maximum absolute atomic E-state index is 10.8. The second kappa shape index (κ2) is 4.56. The van der Waals surface area contributed by atoms with Crippen LogP contribution in [0.1, 0.15) is 15.9 Å². The van der Waals surface area contributed by atoms with Crippen molar-refractivity contribution in [1.29, 1.82) is 0 Å². The molecule has 1 amide bonds. The molecule has 5 nitrogen and oxygen atoms in total. The Bertz CT molecular complexity index is 390. The fourth-order valence-electron chi connectivity index (χ4n) is 1.19. The van der Waals surface area contributed by atoms with Gasteiger partial charge >= 0.3 is 5.97 Å². The maximum atomic E-state index is 10.8. The van der Waals surface area contributed by atoms with E-state index >= 15 is 0 Å². The second-order valence-corrected chi connectivity index (χ2v) is 3.21. The summed E-state index contributed by atoms with van der Waals surface area (Å²) in [7, 11) is 0. The van der Waals surface area contributed by atoms with Crippen LogP contribution < -0.4 is 11.5 Å². The van der Waals surface area contributed by atoms with Crippen LogP contribution in [-0.4, -0.2) is 23.0 Å². The van der Waals surface area contributed by atoms with Gasteiger partial charge in [0.25, 0.3) is 0 Å². The Morgan fingerprint density at radius 2 is 2.07 bits per heavy atom. The molecule has 1 aromatic rings. The first kappa shape index (κ1) is 11.2. The molecule has 0 saturated carbocycles. The number of rotatable bonds is 4. The van der Waals surface area contributed by atoms with Crippen molar-refractivity contribution in [2.24, 2.45) is 11.5 Å². The maximum Gasteiger partial charge on any atom is 0.320 e. The Hall–Kier alpha value is -1.88. The molecule has 5 N–H and O–H groups in total. The van der Waals surface area contributed by atoms with Gasteiger partial charge in [0.05, 0.1) is 0 Å². The average Bonchev–Trinajstić information content (AvgIpc) is 2.18. The molecule has 0 aliphatic rings. The Morgan fingerprint density at radius 1 is 1.40 bits per heavy atom. The van der Waals surface area contributed by atoms with Crippen LogP contribution in [0.25, 0.3) is 0 Å². The van der Waals surface area contributed by atoms with Gasteiger partial charge in [-0.2, -0.15) is 0 Å². The largest absolute Gasteiger partial charge is 0.480 e. The number of primary amides is 1. The van der Waals surface area contributed by atoms with Crippen LogP contribution in [0.3, 0.4) is 0 Å². The number of carboxylic acid groups (broad SMARTS) is 1. The van der Waals surface area contributed by atoms with Crippen molar-refractivity contribution in [2.75, 3.05) is 0 Å². The van der Waals surface area contributed by atoms with Crippen molar-refractivity contribution in [2.45, 2.75) is 12.5 Å². The molecule has 0 aromatic heterocycles. The van der Waals surface area contributed by atoms with Crippen molar-refractivity contribution < 1.29 is 14.7 Å². The van der Waals surface area contributed by atoms with Crippen molar-refractivity contribution in [3.05, 3.63) is 35.4 Å². The Balaban J connectivity index is 2.82. The van der Waals surface area contributed by atoms with Crippen LogP contribution in [0.4, 0.5) is 0 Å². The van der Waals surface area contributed by atoms with Gasteiger partial charge in [0.1, 0.15) is 6.04 Å². The number of nitrogens with two attached hydrogens (primary N) is 2. The number of aliphatic carboxylic acids is 1. The fraction of sp³-hybridized carbons (Fsp3) is 0.200. The average molecular weight is 208 g/mol. The van der Waals surface area contributed by atoms with E-state index in [1.165, 1.54) is 0 Å². The molecular formula is C10H12N2O3. The Morgan fingerprint density at radius 3 is 2.60 bits per heavy atom. The first-order valence-electron chi connectivity index (χ1n) is 4.38. The van der Waals surface area contributed by atoms with E-state index in [-0.39, 0.29) is 6.42 Å². The number of carboxylic acids is 1. The molecule has 0 saturated heterocycles. The lowest BCUT2D eigenvalue weighted by Gasteiger charge is -2.06. The van der Waals surface area contributed by atoms with Gasteiger partial charge in [-0.1, -0.05) is 12.1 Å². The standard InChI is InChI=1S/C10H12N2O3/c11-8(10(14)15)5-6-2-1-3-7(4-6)9(12)13/h1-4,8H,5,11H2,(H2,12,13)(H,14,15). The molecule has 80 valence electrons. The molecule has 1 rings (SSSR count). The highest BCUT2D eigenvalue weighted by atomic mass is 16.4. The third-order valence-corrected chi connectivity index (χ3v) is 1.98. The predicted octanol–water partition coefficient (Wildman–Crippen LogP) is -0.260. The summed E-state index contributed by atoms with van der Waals surface area (Å²) in [6, 6.07) is 5.50. The zero-order chi connectivity index (χ0) is 11.4. The summed E-state index contributed by atoms with van der Waals surface area (Å²) in [5.41, 5.74) is 11.5. The molecule has 0 radical (unpaired) electrons. The summed E-state index contributed by atoms with van der Waals surface area (Å²) < 4.78 is 0. The SMILES string of the molecule is NC(=O)c1cccc(CC(N)C(=O)O)c1. The van der Waals surface area contributed by atoms with Crippen LogP contribution in [-0.2, 0) is 11.2 Å². The first-order chi connectivity index (χ1) is 7.00. The van der Waals surface area contributed by atoms with Crippen molar-refractivity contribution in [1.82, 2.24) is 0 Å². The van der Waals surface area contributed by atoms with Gasteiger partial charge in [-0.15, -0.1) is 0 Å². The molecule has 1 atom stereocenters. The highest BCUT2D eigenvalue weighted by molar-refractivity contribution is 5.92. The molecule has 5 heteroatoms. The normalized spacial score (nSPS) is 12.1. The third kappa shape index (κ3) is 3.07. The topological polar surface area (TPSA) is 106 Å². The van der Waals surface area contributed by atoms with Gasteiger partial charge in [0.2, 0.25) is 5.91 Å². The van der Waals surface area contributed by atoms with Gasteiger partial charge in [0, 0.05) is 5.56 Å². The van der Waals surface area contributed by atoms with Crippen LogP contribution in [0.15, 0.2) is 24.3 Å². The third-order valence-electron chi connectivity index (χ3n) is 1.98. The van der Waals surface area contributed by atoms with Crippen LogP contribution in [0.5, 0.6) is 0 Å². The van der Waals surface area contributed by atoms with E-state index in [2.05, 4.69) is 0 Å². The minimum atomic E-state index is -1.07. The first-order valence-corrected chi connectivity index (χ1v) is 4.38. The molecule has 15 heavy (non-hydrogen) atoms. The molecule has 0 spiro atoms. The monoisotopic (exact) mass is 208 g/mol. The van der Waals surface area contributed by atoms with Crippen molar-refractivity contribution in [3.63, 3.8) is 0 Å². The molecule has 0 aliphatic heterocycles. The van der Waals surface area contributed by atoms with E-state index in [9.17, 15) is 9.59 Å². The Labute approximate surface area is 86.7 Å². The lowest BCUT2D eigenvalue weighted by atomic mass is 10.0. The predicted molar refractivity (Wildman–Crippen MR) is 54.3 cm³/mol. The minimum absolute atomic E-state index is 0.177. The summed E-state index contributed by atoms with van der Waals surface area (Å²) in [6.07, 6.45) is 0.177. The van der Waals surface area contributed by atoms with E-state index in [4.69, 9.17) is 16.6 Å². The number of hydrogen-bond acceptors (Lipinski definition) is 3. The summed E-state index contributed by atoms with van der Waals surface area (Å²) >= 11 is 0. The number of hydrogen-bond donors (Lipinski definition) is 3. The summed E-state index contributed by atoms with van der Waals surface area (Å²) in [4.78, 5) is 21.4. The van der Waals surface area contributed by atoms with Gasteiger partial charge in [0.15, 0.2) is 0 Å². The van der Waals surface area contributed by atoms with Gasteiger partial charge < -0.3 is 16.6 Å². The zero-order valence-corrected chi connectivity index (χ0v) is 8.01. The van der Waals surface area contributed by atoms with E-state index in [1.54, 1.807) is 24.3 Å². The fourth-order valence-corrected chi connectivity index (χ4v) is 1.19. The van der Waals surface area contributed by atoms with E-state index in [0.29, 0.717) is 11.1 Å². The molecule has 0 aliphatic carbocycles. The highest BCUT2D eigenvalue weighted by Gasteiger charge is 2.12. The number of carbonyl (C=O) groups excluding carboxylic acids is 1.